The van der Waals surface area contributed by atoms with E-state index in [1.165, 1.54) is 11.8 Å². The largest absolute Gasteiger partial charge is 0.467 e. The number of carbonyl (C=O) groups is 1. The Morgan fingerprint density at radius 3 is 2.75 bits per heavy atom. The molecule has 20 heavy (non-hydrogen) atoms. The van der Waals surface area contributed by atoms with E-state index in [0.29, 0.717) is 11.2 Å². The molecule has 1 fully saturated rings. The molecule has 1 aliphatic rings. The van der Waals surface area contributed by atoms with Gasteiger partial charge in [0.15, 0.2) is 0 Å². The predicted molar refractivity (Wildman–Crippen MR) is 77.0 cm³/mol. The molecule has 2 N–H and O–H groups in total. The van der Waals surface area contributed by atoms with Gasteiger partial charge < -0.3 is 14.8 Å². The number of nitrogens with one attached hydrogen (secondary N) is 1. The zero-order valence-electron chi connectivity index (χ0n) is 12.2. The minimum Gasteiger partial charge on any atom is -0.467 e. The van der Waals surface area contributed by atoms with Crippen LogP contribution in [-0.4, -0.2) is 17.6 Å². The first kappa shape index (κ1) is 14.9. The third-order valence-electron chi connectivity index (χ3n) is 3.97. The number of rotatable bonds is 4. The number of carbonyl (C=O) groups excluding carboxylic acids is 1. The van der Waals surface area contributed by atoms with Gasteiger partial charge in [-0.05, 0) is 43.2 Å². The molecule has 4 heteroatoms. The quantitative estimate of drug-likeness (QED) is 0.832. The normalized spacial score (nSPS) is 19.4. The molecule has 1 aliphatic carbocycles. The molecule has 1 unspecified atom stereocenters. The van der Waals surface area contributed by atoms with Gasteiger partial charge in [0.1, 0.15) is 11.8 Å². The predicted octanol–water partition coefficient (Wildman–Crippen LogP) is 2.96. The van der Waals surface area contributed by atoms with E-state index >= 15 is 0 Å². The maximum absolute atomic E-state index is 12.0. The van der Waals surface area contributed by atoms with Crippen molar-refractivity contribution >= 4 is 5.91 Å². The second-order valence-electron chi connectivity index (χ2n) is 6.23. The van der Waals surface area contributed by atoms with Crippen LogP contribution < -0.4 is 5.32 Å². The summed E-state index contributed by atoms with van der Waals surface area (Å²) in [4.78, 5) is 12.0. The SMILES string of the molecule is CC1(C)CCC(=CC(=O)NC(CO)c2ccco2)CC1. The van der Waals surface area contributed by atoms with Crippen LogP contribution in [0.3, 0.4) is 0 Å². The zero-order valence-corrected chi connectivity index (χ0v) is 12.2. The first-order valence-corrected chi connectivity index (χ1v) is 7.14. The topological polar surface area (TPSA) is 62.5 Å². The lowest BCUT2D eigenvalue weighted by Gasteiger charge is -2.30. The third-order valence-corrected chi connectivity index (χ3v) is 3.97. The summed E-state index contributed by atoms with van der Waals surface area (Å²) in [6, 6.07) is 3.01. The van der Waals surface area contributed by atoms with Gasteiger partial charge in [-0.1, -0.05) is 19.4 Å². The molecule has 1 aromatic rings. The molecule has 1 amide bonds. The molecule has 0 saturated heterocycles. The van der Waals surface area contributed by atoms with E-state index < -0.39 is 6.04 Å². The van der Waals surface area contributed by atoms with Crippen molar-refractivity contribution in [2.75, 3.05) is 6.61 Å². The van der Waals surface area contributed by atoms with Crippen molar-refractivity contribution in [2.24, 2.45) is 5.41 Å². The molecule has 2 rings (SSSR count). The van der Waals surface area contributed by atoms with Gasteiger partial charge in [0.25, 0.3) is 0 Å². The number of allylic oxidation sites excluding steroid dienone is 1. The average Bonchev–Trinajstić information content (AvgIpc) is 2.92. The van der Waals surface area contributed by atoms with Crippen LogP contribution >= 0.6 is 0 Å². The van der Waals surface area contributed by atoms with Gasteiger partial charge in [0.05, 0.1) is 12.9 Å². The van der Waals surface area contributed by atoms with E-state index in [9.17, 15) is 9.90 Å². The first-order valence-electron chi connectivity index (χ1n) is 7.14. The molecule has 1 saturated carbocycles. The fourth-order valence-electron chi connectivity index (χ4n) is 2.49. The Bertz CT molecular complexity index is 462. The second kappa shape index (κ2) is 6.27. The maximum atomic E-state index is 12.0. The number of furan rings is 1. The van der Waals surface area contributed by atoms with Gasteiger partial charge >= 0.3 is 0 Å². The number of hydrogen-bond acceptors (Lipinski definition) is 3. The summed E-state index contributed by atoms with van der Waals surface area (Å²) in [5.41, 5.74) is 1.58. The molecule has 110 valence electrons. The first-order chi connectivity index (χ1) is 9.50. The van der Waals surface area contributed by atoms with E-state index in [0.717, 1.165) is 25.7 Å². The Morgan fingerprint density at radius 1 is 1.50 bits per heavy atom. The standard InChI is InChI=1S/C16H23NO3/c1-16(2)7-5-12(6-8-16)10-15(19)17-13(11-18)14-4-3-9-20-14/h3-4,9-10,13,18H,5-8,11H2,1-2H3,(H,17,19). The van der Waals surface area contributed by atoms with Crippen LogP contribution in [0.15, 0.2) is 34.5 Å². The smallest absolute Gasteiger partial charge is 0.244 e. The highest BCUT2D eigenvalue weighted by Gasteiger charge is 2.24. The van der Waals surface area contributed by atoms with E-state index in [1.807, 2.05) is 0 Å². The van der Waals surface area contributed by atoms with Gasteiger partial charge in [-0.2, -0.15) is 0 Å². The highest BCUT2D eigenvalue weighted by atomic mass is 16.3. The van der Waals surface area contributed by atoms with Crippen molar-refractivity contribution < 1.29 is 14.3 Å². The lowest BCUT2D eigenvalue weighted by atomic mass is 9.75. The van der Waals surface area contributed by atoms with E-state index in [-0.39, 0.29) is 12.5 Å². The summed E-state index contributed by atoms with van der Waals surface area (Å²) in [5, 5.41) is 12.1. The molecule has 1 atom stereocenters. The lowest BCUT2D eigenvalue weighted by Crippen LogP contribution is -2.29. The Labute approximate surface area is 119 Å². The van der Waals surface area contributed by atoms with Crippen LogP contribution in [0.2, 0.25) is 0 Å². The van der Waals surface area contributed by atoms with Crippen LogP contribution in [0.25, 0.3) is 0 Å². The summed E-state index contributed by atoms with van der Waals surface area (Å²) < 4.78 is 5.21. The lowest BCUT2D eigenvalue weighted by molar-refractivity contribution is -0.117. The van der Waals surface area contributed by atoms with Crippen molar-refractivity contribution in [3.8, 4) is 0 Å². The monoisotopic (exact) mass is 277 g/mol. The van der Waals surface area contributed by atoms with Crippen molar-refractivity contribution in [3.05, 3.63) is 35.8 Å². The average molecular weight is 277 g/mol. The number of hydrogen-bond donors (Lipinski definition) is 2. The van der Waals surface area contributed by atoms with Crippen molar-refractivity contribution in [1.29, 1.82) is 0 Å². The zero-order chi connectivity index (χ0) is 14.6. The van der Waals surface area contributed by atoms with E-state index in [1.54, 1.807) is 18.2 Å². The Kier molecular flexibility index (Phi) is 4.65. The number of aliphatic hydroxyl groups is 1. The Balaban J connectivity index is 1.92. The van der Waals surface area contributed by atoms with Crippen molar-refractivity contribution in [1.82, 2.24) is 5.32 Å². The summed E-state index contributed by atoms with van der Waals surface area (Å²) in [6.45, 7) is 4.36. The molecular formula is C16H23NO3. The summed E-state index contributed by atoms with van der Waals surface area (Å²) in [5.74, 6) is 0.416. The fourth-order valence-corrected chi connectivity index (χ4v) is 2.49. The summed E-state index contributed by atoms with van der Waals surface area (Å²) >= 11 is 0. The molecule has 1 aromatic heterocycles. The van der Waals surface area contributed by atoms with E-state index in [2.05, 4.69) is 19.2 Å². The van der Waals surface area contributed by atoms with Crippen LogP contribution in [-0.2, 0) is 4.79 Å². The minimum absolute atomic E-state index is 0.157. The van der Waals surface area contributed by atoms with Crippen LogP contribution in [0.1, 0.15) is 51.3 Å². The van der Waals surface area contributed by atoms with Gasteiger partial charge in [0, 0.05) is 6.08 Å². The molecule has 0 radical (unpaired) electrons. The molecule has 0 bridgehead atoms. The molecule has 0 aromatic carbocycles. The second-order valence-corrected chi connectivity index (χ2v) is 6.23. The molecule has 0 aliphatic heterocycles. The molecule has 0 spiro atoms. The number of aliphatic hydroxyl groups excluding tert-OH is 1. The van der Waals surface area contributed by atoms with E-state index in [4.69, 9.17) is 4.42 Å². The molecular weight excluding hydrogens is 254 g/mol. The van der Waals surface area contributed by atoms with Crippen molar-refractivity contribution in [3.63, 3.8) is 0 Å². The fraction of sp³-hybridized carbons (Fsp3) is 0.562. The number of amides is 1. The maximum Gasteiger partial charge on any atom is 0.244 e. The Hall–Kier alpha value is -1.55. The summed E-state index contributed by atoms with van der Waals surface area (Å²) in [6.07, 6.45) is 7.41. The molecule has 1 heterocycles. The third kappa shape index (κ3) is 3.97. The van der Waals surface area contributed by atoms with Crippen LogP contribution in [0.5, 0.6) is 0 Å². The van der Waals surface area contributed by atoms with Crippen LogP contribution in [0, 0.1) is 5.41 Å². The van der Waals surface area contributed by atoms with Gasteiger partial charge in [0.2, 0.25) is 5.91 Å². The van der Waals surface area contributed by atoms with Gasteiger partial charge in [-0.15, -0.1) is 0 Å². The summed E-state index contributed by atoms with van der Waals surface area (Å²) in [7, 11) is 0. The minimum atomic E-state index is -0.477. The molecule has 4 nitrogen and oxygen atoms in total. The highest BCUT2D eigenvalue weighted by molar-refractivity contribution is 5.88. The van der Waals surface area contributed by atoms with Gasteiger partial charge in [-0.3, -0.25) is 4.79 Å². The highest BCUT2D eigenvalue weighted by Crippen LogP contribution is 2.37. The Morgan fingerprint density at radius 2 is 2.20 bits per heavy atom. The van der Waals surface area contributed by atoms with Crippen molar-refractivity contribution in [2.45, 2.75) is 45.6 Å². The van der Waals surface area contributed by atoms with Crippen LogP contribution in [0.4, 0.5) is 0 Å². The van der Waals surface area contributed by atoms with Gasteiger partial charge in [-0.25, -0.2) is 0 Å².